The number of benzene rings is 1. The first kappa shape index (κ1) is 25.7. The standard InChI is InChI=1S/C22H31N5O2.HI/c1-5-24-22(27-15-18-9-10-20(26-14-18)29-16(2)3)25-12-11-17-7-6-8-19(13-17)21(28)23-4;/h6-10,13-14,16H,5,11-12,15H2,1-4H3,(H,23,28)(H2,24,25,27);1H. The van der Waals surface area contributed by atoms with Gasteiger partial charge >= 0.3 is 0 Å². The predicted molar refractivity (Wildman–Crippen MR) is 132 cm³/mol. The van der Waals surface area contributed by atoms with Gasteiger partial charge in [-0.05, 0) is 50.5 Å². The number of hydrogen-bond acceptors (Lipinski definition) is 4. The summed E-state index contributed by atoms with van der Waals surface area (Å²) < 4.78 is 5.56. The largest absolute Gasteiger partial charge is 0.475 e. The van der Waals surface area contributed by atoms with Crippen LogP contribution in [0.2, 0.25) is 0 Å². The van der Waals surface area contributed by atoms with Crippen molar-refractivity contribution in [3.8, 4) is 5.88 Å². The maximum atomic E-state index is 11.8. The Morgan fingerprint density at radius 2 is 1.97 bits per heavy atom. The number of aromatic nitrogens is 1. The minimum Gasteiger partial charge on any atom is -0.475 e. The highest BCUT2D eigenvalue weighted by Gasteiger charge is 2.04. The number of guanidine groups is 1. The molecule has 2 aromatic rings. The third-order valence-corrected chi connectivity index (χ3v) is 4.04. The number of hydrogen-bond donors (Lipinski definition) is 3. The van der Waals surface area contributed by atoms with Gasteiger partial charge in [0.05, 0.1) is 12.6 Å². The molecule has 0 spiro atoms. The van der Waals surface area contributed by atoms with Gasteiger partial charge in [-0.1, -0.05) is 18.2 Å². The van der Waals surface area contributed by atoms with Crippen molar-refractivity contribution >= 4 is 35.8 Å². The van der Waals surface area contributed by atoms with Gasteiger partial charge in [-0.3, -0.25) is 4.79 Å². The second-order valence-corrected chi connectivity index (χ2v) is 6.82. The Bertz CT molecular complexity index is 809. The SMILES string of the molecule is CCNC(=NCc1ccc(OC(C)C)nc1)NCCc1cccc(C(=O)NC)c1.I. The molecule has 0 bridgehead atoms. The smallest absolute Gasteiger partial charge is 0.251 e. The molecule has 3 N–H and O–H groups in total. The minimum atomic E-state index is -0.0758. The lowest BCUT2D eigenvalue weighted by Gasteiger charge is -2.12. The van der Waals surface area contributed by atoms with Crippen molar-refractivity contribution in [2.24, 2.45) is 4.99 Å². The van der Waals surface area contributed by atoms with Crippen molar-refractivity contribution in [2.75, 3.05) is 20.1 Å². The van der Waals surface area contributed by atoms with Crippen molar-refractivity contribution < 1.29 is 9.53 Å². The second-order valence-electron chi connectivity index (χ2n) is 6.82. The van der Waals surface area contributed by atoms with Crippen LogP contribution in [0.15, 0.2) is 47.6 Å². The zero-order valence-corrected chi connectivity index (χ0v) is 20.4. The summed E-state index contributed by atoms with van der Waals surface area (Å²) >= 11 is 0. The van der Waals surface area contributed by atoms with Crippen LogP contribution in [0, 0.1) is 0 Å². The molecule has 1 heterocycles. The molecule has 30 heavy (non-hydrogen) atoms. The van der Waals surface area contributed by atoms with Crippen LogP contribution in [0.5, 0.6) is 5.88 Å². The highest BCUT2D eigenvalue weighted by molar-refractivity contribution is 14.0. The predicted octanol–water partition coefficient (Wildman–Crippen LogP) is 3.14. The lowest BCUT2D eigenvalue weighted by Crippen LogP contribution is -2.38. The topological polar surface area (TPSA) is 87.6 Å². The first-order valence-corrected chi connectivity index (χ1v) is 9.96. The summed E-state index contributed by atoms with van der Waals surface area (Å²) in [5.74, 6) is 1.29. The molecule has 0 aliphatic rings. The number of amides is 1. The van der Waals surface area contributed by atoms with E-state index in [1.165, 1.54) is 0 Å². The molecule has 2 rings (SSSR count). The summed E-state index contributed by atoms with van der Waals surface area (Å²) in [5, 5.41) is 9.23. The molecule has 0 saturated heterocycles. The van der Waals surface area contributed by atoms with E-state index in [1.807, 2.05) is 57.2 Å². The highest BCUT2D eigenvalue weighted by atomic mass is 127. The molecule has 0 radical (unpaired) electrons. The van der Waals surface area contributed by atoms with Crippen molar-refractivity contribution in [2.45, 2.75) is 39.8 Å². The van der Waals surface area contributed by atoms with E-state index in [0.717, 1.165) is 30.1 Å². The number of nitrogens with zero attached hydrogens (tertiary/aromatic N) is 2. The summed E-state index contributed by atoms with van der Waals surface area (Å²) in [7, 11) is 1.64. The first-order valence-electron chi connectivity index (χ1n) is 9.96. The molecule has 1 aromatic heterocycles. The number of pyridine rings is 1. The summed E-state index contributed by atoms with van der Waals surface area (Å²) in [6.45, 7) is 7.99. The molecule has 0 unspecified atom stereocenters. The van der Waals surface area contributed by atoms with Crippen LogP contribution in [0.4, 0.5) is 0 Å². The van der Waals surface area contributed by atoms with Gasteiger partial charge in [0.15, 0.2) is 5.96 Å². The average Bonchev–Trinajstić information content (AvgIpc) is 2.72. The Morgan fingerprint density at radius 1 is 1.17 bits per heavy atom. The van der Waals surface area contributed by atoms with Crippen LogP contribution in [-0.4, -0.2) is 43.1 Å². The number of rotatable bonds is 9. The molecule has 1 aromatic carbocycles. The molecule has 8 heteroatoms. The zero-order chi connectivity index (χ0) is 21.1. The third-order valence-electron chi connectivity index (χ3n) is 4.04. The van der Waals surface area contributed by atoms with Gasteiger partial charge in [0, 0.05) is 38.0 Å². The lowest BCUT2D eigenvalue weighted by atomic mass is 10.1. The number of ether oxygens (including phenoxy) is 1. The third kappa shape index (κ3) is 8.98. The minimum absolute atomic E-state index is 0. The normalized spacial score (nSPS) is 10.9. The van der Waals surface area contributed by atoms with E-state index in [0.29, 0.717) is 24.5 Å². The van der Waals surface area contributed by atoms with Crippen molar-refractivity contribution in [3.05, 3.63) is 59.3 Å². The van der Waals surface area contributed by atoms with Crippen molar-refractivity contribution in [3.63, 3.8) is 0 Å². The van der Waals surface area contributed by atoms with E-state index in [9.17, 15) is 4.79 Å². The van der Waals surface area contributed by atoms with Crippen molar-refractivity contribution in [1.29, 1.82) is 0 Å². The molecule has 7 nitrogen and oxygen atoms in total. The monoisotopic (exact) mass is 525 g/mol. The van der Waals surface area contributed by atoms with E-state index >= 15 is 0 Å². The van der Waals surface area contributed by atoms with E-state index in [1.54, 1.807) is 13.2 Å². The molecule has 164 valence electrons. The Hall–Kier alpha value is -2.36. The van der Waals surface area contributed by atoms with Gasteiger partial charge in [0.25, 0.3) is 5.91 Å². The number of aliphatic imine (C=N–C) groups is 1. The van der Waals surface area contributed by atoms with E-state index in [2.05, 4.69) is 25.9 Å². The van der Waals surface area contributed by atoms with Gasteiger partial charge in [0.1, 0.15) is 0 Å². The van der Waals surface area contributed by atoms with Gasteiger partial charge in [-0.25, -0.2) is 9.98 Å². The number of nitrogens with one attached hydrogen (secondary N) is 3. The Morgan fingerprint density at radius 3 is 2.60 bits per heavy atom. The summed E-state index contributed by atoms with van der Waals surface area (Å²) in [5.41, 5.74) is 2.78. The van der Waals surface area contributed by atoms with Crippen LogP contribution >= 0.6 is 24.0 Å². The molecular formula is C22H32IN5O2. The van der Waals surface area contributed by atoms with Crippen LogP contribution < -0.4 is 20.7 Å². The van der Waals surface area contributed by atoms with Crippen molar-refractivity contribution in [1.82, 2.24) is 20.9 Å². The maximum absolute atomic E-state index is 11.8. The van der Waals surface area contributed by atoms with Crippen LogP contribution in [0.1, 0.15) is 42.3 Å². The lowest BCUT2D eigenvalue weighted by molar-refractivity contribution is 0.0963. The highest BCUT2D eigenvalue weighted by Crippen LogP contribution is 2.10. The summed E-state index contributed by atoms with van der Waals surface area (Å²) in [4.78, 5) is 20.7. The molecule has 1 amide bonds. The molecule has 0 aliphatic carbocycles. The zero-order valence-electron chi connectivity index (χ0n) is 18.1. The summed E-state index contributed by atoms with van der Waals surface area (Å²) in [6, 6.07) is 11.5. The number of carbonyl (C=O) groups is 1. The quantitative estimate of drug-likeness (QED) is 0.266. The average molecular weight is 525 g/mol. The molecular weight excluding hydrogens is 493 g/mol. The first-order chi connectivity index (χ1) is 14.0. The van der Waals surface area contributed by atoms with Gasteiger partial charge < -0.3 is 20.7 Å². The Balaban J connectivity index is 0.00000450. The summed E-state index contributed by atoms with van der Waals surface area (Å²) in [6.07, 6.45) is 2.68. The molecule has 0 fully saturated rings. The van der Waals surface area contributed by atoms with Crippen LogP contribution in [0.3, 0.4) is 0 Å². The maximum Gasteiger partial charge on any atom is 0.251 e. The van der Waals surface area contributed by atoms with E-state index in [4.69, 9.17) is 4.74 Å². The molecule has 0 saturated carbocycles. The van der Waals surface area contributed by atoms with Gasteiger partial charge in [-0.2, -0.15) is 0 Å². The fourth-order valence-electron chi connectivity index (χ4n) is 2.67. The van der Waals surface area contributed by atoms with Gasteiger partial charge in [-0.15, -0.1) is 24.0 Å². The fourth-order valence-corrected chi connectivity index (χ4v) is 2.67. The Kier molecular flexibility index (Phi) is 11.8. The van der Waals surface area contributed by atoms with Crippen LogP contribution in [0.25, 0.3) is 0 Å². The second kappa shape index (κ2) is 13.8. The van der Waals surface area contributed by atoms with E-state index in [-0.39, 0.29) is 36.0 Å². The fraction of sp³-hybridized carbons (Fsp3) is 0.409. The molecule has 0 aliphatic heterocycles. The van der Waals surface area contributed by atoms with Gasteiger partial charge in [0.2, 0.25) is 5.88 Å². The number of carbonyl (C=O) groups excluding carboxylic acids is 1. The van der Waals surface area contributed by atoms with Crippen LogP contribution in [-0.2, 0) is 13.0 Å². The molecule has 0 atom stereocenters. The van der Waals surface area contributed by atoms with E-state index < -0.39 is 0 Å². The number of halogens is 1. The Labute approximate surface area is 196 Å².